The molecule has 10 nitrogen and oxygen atoms in total. The van der Waals surface area contributed by atoms with Crippen molar-refractivity contribution in [2.24, 2.45) is 0 Å². The van der Waals surface area contributed by atoms with Crippen molar-refractivity contribution in [2.45, 2.75) is 37.6 Å². The van der Waals surface area contributed by atoms with Gasteiger partial charge in [-0.05, 0) is 18.6 Å². The second kappa shape index (κ2) is 8.78. The van der Waals surface area contributed by atoms with E-state index in [1.165, 1.54) is 5.69 Å². The highest BCUT2D eigenvalue weighted by molar-refractivity contribution is 6.07. The van der Waals surface area contributed by atoms with E-state index in [9.17, 15) is 27.6 Å². The van der Waals surface area contributed by atoms with Crippen molar-refractivity contribution in [3.8, 4) is 0 Å². The van der Waals surface area contributed by atoms with Crippen LogP contribution in [0.15, 0.2) is 12.1 Å². The molecular formula is C21H24F3N5O5. The number of carbonyl (C=O) groups is 4. The van der Waals surface area contributed by atoms with Gasteiger partial charge in [0, 0.05) is 57.3 Å². The number of benzene rings is 1. The Labute approximate surface area is 192 Å². The van der Waals surface area contributed by atoms with Crippen LogP contribution in [0.1, 0.15) is 28.8 Å². The van der Waals surface area contributed by atoms with Crippen molar-refractivity contribution in [2.75, 3.05) is 43.0 Å². The first-order valence-corrected chi connectivity index (χ1v) is 10.8. The fraction of sp³-hybridized carbons (Fsp3) is 0.524. The van der Waals surface area contributed by atoms with Gasteiger partial charge >= 0.3 is 12.1 Å². The van der Waals surface area contributed by atoms with Crippen molar-refractivity contribution < 1.29 is 37.5 Å². The Bertz CT molecular complexity index is 1050. The minimum Gasteiger partial charge on any atom is -0.475 e. The van der Waals surface area contributed by atoms with Crippen molar-refractivity contribution in [1.82, 2.24) is 15.5 Å². The molecule has 4 heterocycles. The zero-order valence-electron chi connectivity index (χ0n) is 18.3. The quantitative estimate of drug-likeness (QED) is 0.488. The average molecular weight is 483 g/mol. The third-order valence-corrected chi connectivity index (χ3v) is 6.44. The van der Waals surface area contributed by atoms with E-state index >= 15 is 0 Å². The van der Waals surface area contributed by atoms with Gasteiger partial charge in [-0.25, -0.2) is 4.79 Å². The van der Waals surface area contributed by atoms with Gasteiger partial charge in [0.1, 0.15) is 6.04 Å². The predicted octanol–water partition coefficient (Wildman–Crippen LogP) is 0.309. The Hall–Kier alpha value is -3.35. The Morgan fingerprint density at radius 3 is 2.53 bits per heavy atom. The van der Waals surface area contributed by atoms with E-state index in [1.807, 2.05) is 12.1 Å². The summed E-state index contributed by atoms with van der Waals surface area (Å²) < 4.78 is 31.7. The maximum atomic E-state index is 13.0. The molecule has 0 radical (unpaired) electrons. The van der Waals surface area contributed by atoms with Crippen molar-refractivity contribution >= 4 is 35.1 Å². The highest BCUT2D eigenvalue weighted by Gasteiger charge is 2.42. The first kappa shape index (κ1) is 23.8. The molecule has 184 valence electrons. The third-order valence-electron chi connectivity index (χ3n) is 6.44. The summed E-state index contributed by atoms with van der Waals surface area (Å²) in [5, 5.41) is 12.9. The zero-order chi connectivity index (χ0) is 24.8. The van der Waals surface area contributed by atoms with E-state index in [0.29, 0.717) is 24.6 Å². The number of carboxylic acid groups (broad SMARTS) is 1. The summed E-state index contributed by atoms with van der Waals surface area (Å²) in [5.41, 5.74) is 3.96. The molecule has 2 fully saturated rings. The van der Waals surface area contributed by atoms with E-state index in [1.54, 1.807) is 4.90 Å². The fourth-order valence-electron chi connectivity index (χ4n) is 4.92. The fourth-order valence-corrected chi connectivity index (χ4v) is 4.92. The number of carboxylic acids is 1. The monoisotopic (exact) mass is 483 g/mol. The van der Waals surface area contributed by atoms with Crippen LogP contribution in [0.3, 0.4) is 0 Å². The van der Waals surface area contributed by atoms with Crippen LogP contribution in [0, 0.1) is 0 Å². The maximum absolute atomic E-state index is 13.0. The Balaban J connectivity index is 0.000000344. The standard InChI is InChI=1S/C19H23N5O3.C2HF3O2/c1-22-9-11-8-20-6-7-23(11)14-3-2-12-13(17(14)22)10-24(19(12)27)15-4-5-16(25)21-18(15)26;3-2(4,5)1(6)7/h2-3,11,15,20H,4-10H2,1H3,(H,21,25,26);(H,6,7)/t11?,15-;/m0./s1. The van der Waals surface area contributed by atoms with E-state index in [2.05, 4.69) is 27.5 Å². The molecular weight excluding hydrogens is 459 g/mol. The van der Waals surface area contributed by atoms with Gasteiger partial charge in [0.05, 0.1) is 17.4 Å². The molecule has 4 aliphatic heterocycles. The molecule has 4 aliphatic rings. The van der Waals surface area contributed by atoms with Crippen LogP contribution < -0.4 is 20.4 Å². The van der Waals surface area contributed by atoms with Crippen molar-refractivity contribution in [1.29, 1.82) is 0 Å². The predicted molar refractivity (Wildman–Crippen MR) is 113 cm³/mol. The minimum atomic E-state index is -5.08. The SMILES string of the molecule is CN1CC2CNCCN2c2ccc3c(c21)CN([C@H]1CCC(=O)NC1=O)C3=O.O=C(O)C(F)(F)F. The number of hydrogen-bond acceptors (Lipinski definition) is 7. The van der Waals surface area contributed by atoms with Crippen LogP contribution in [-0.2, 0) is 20.9 Å². The highest BCUT2D eigenvalue weighted by atomic mass is 19.4. The molecule has 3 N–H and O–H groups in total. The van der Waals surface area contributed by atoms with Gasteiger partial charge in [-0.1, -0.05) is 0 Å². The summed E-state index contributed by atoms with van der Waals surface area (Å²) in [7, 11) is 2.07. The van der Waals surface area contributed by atoms with E-state index in [-0.39, 0.29) is 24.1 Å². The number of likely N-dealkylation sites (N-methyl/N-ethyl adjacent to an activating group) is 1. The molecule has 13 heteroatoms. The average Bonchev–Trinajstić information content (AvgIpc) is 3.09. The normalized spacial score (nSPS) is 24.0. The van der Waals surface area contributed by atoms with Gasteiger partial charge in [-0.2, -0.15) is 13.2 Å². The van der Waals surface area contributed by atoms with Crippen LogP contribution in [0.5, 0.6) is 0 Å². The van der Waals surface area contributed by atoms with Gasteiger partial charge in [0.15, 0.2) is 0 Å². The van der Waals surface area contributed by atoms with Crippen LogP contribution in [0.25, 0.3) is 0 Å². The number of anilines is 2. The number of rotatable bonds is 1. The molecule has 34 heavy (non-hydrogen) atoms. The van der Waals surface area contributed by atoms with Gasteiger partial charge in [-0.15, -0.1) is 0 Å². The van der Waals surface area contributed by atoms with Gasteiger partial charge in [-0.3, -0.25) is 19.7 Å². The minimum absolute atomic E-state index is 0.113. The third kappa shape index (κ3) is 4.27. The number of imide groups is 1. The Kier molecular flexibility index (Phi) is 6.14. The smallest absolute Gasteiger partial charge is 0.475 e. The summed E-state index contributed by atoms with van der Waals surface area (Å²) in [5.74, 6) is -3.50. The molecule has 0 aromatic heterocycles. The molecule has 0 bridgehead atoms. The molecule has 2 atom stereocenters. The van der Waals surface area contributed by atoms with Crippen LogP contribution >= 0.6 is 0 Å². The van der Waals surface area contributed by atoms with Gasteiger partial charge in [0.25, 0.3) is 5.91 Å². The number of aliphatic carboxylic acids is 1. The molecule has 2 saturated heterocycles. The number of fused-ring (bicyclic) bond motifs is 5. The number of hydrogen-bond donors (Lipinski definition) is 3. The summed E-state index contributed by atoms with van der Waals surface area (Å²) in [4.78, 5) is 51.9. The number of amides is 3. The number of piperidine rings is 1. The topological polar surface area (TPSA) is 122 Å². The molecule has 0 aliphatic carbocycles. The number of nitrogens with one attached hydrogen (secondary N) is 2. The molecule has 0 spiro atoms. The summed E-state index contributed by atoms with van der Waals surface area (Å²) in [6.07, 6.45) is -4.42. The zero-order valence-corrected chi connectivity index (χ0v) is 18.3. The number of nitrogens with zero attached hydrogens (tertiary/aromatic N) is 3. The number of halogens is 3. The second-order valence-electron chi connectivity index (χ2n) is 8.59. The highest BCUT2D eigenvalue weighted by Crippen LogP contribution is 2.43. The maximum Gasteiger partial charge on any atom is 0.490 e. The lowest BCUT2D eigenvalue weighted by molar-refractivity contribution is -0.192. The number of piperazine rings is 1. The van der Waals surface area contributed by atoms with E-state index in [4.69, 9.17) is 9.90 Å². The van der Waals surface area contributed by atoms with Crippen molar-refractivity contribution in [3.63, 3.8) is 0 Å². The molecule has 1 aromatic carbocycles. The Morgan fingerprint density at radius 1 is 1.18 bits per heavy atom. The van der Waals surface area contributed by atoms with Crippen LogP contribution in [0.4, 0.5) is 24.5 Å². The number of carbonyl (C=O) groups excluding carboxylic acids is 3. The molecule has 0 saturated carbocycles. The number of alkyl halides is 3. The summed E-state index contributed by atoms with van der Waals surface area (Å²) in [6.45, 7) is 4.20. The molecule has 3 amide bonds. The molecule has 5 rings (SSSR count). The largest absolute Gasteiger partial charge is 0.490 e. The summed E-state index contributed by atoms with van der Waals surface area (Å²) in [6, 6.07) is 3.81. The lowest BCUT2D eigenvalue weighted by Gasteiger charge is -2.46. The first-order valence-electron chi connectivity index (χ1n) is 10.8. The van der Waals surface area contributed by atoms with E-state index in [0.717, 1.165) is 37.4 Å². The lowest BCUT2D eigenvalue weighted by Crippen LogP contribution is -2.58. The second-order valence-corrected chi connectivity index (χ2v) is 8.59. The summed E-state index contributed by atoms with van der Waals surface area (Å²) >= 11 is 0. The van der Waals surface area contributed by atoms with Crippen LogP contribution in [-0.4, -0.2) is 85.2 Å². The van der Waals surface area contributed by atoms with Crippen molar-refractivity contribution in [3.05, 3.63) is 23.3 Å². The molecule has 1 unspecified atom stereocenters. The van der Waals surface area contributed by atoms with Gasteiger partial charge in [0.2, 0.25) is 11.8 Å². The van der Waals surface area contributed by atoms with Crippen LogP contribution in [0.2, 0.25) is 0 Å². The molecule has 1 aromatic rings. The van der Waals surface area contributed by atoms with E-state index < -0.39 is 18.2 Å². The van der Waals surface area contributed by atoms with Gasteiger partial charge < -0.3 is 25.1 Å². The Morgan fingerprint density at radius 2 is 1.88 bits per heavy atom. The lowest BCUT2D eigenvalue weighted by atomic mass is 9.99. The first-order chi connectivity index (χ1) is 16.0.